The van der Waals surface area contributed by atoms with Crippen molar-refractivity contribution in [2.45, 2.75) is 58.5 Å². The number of hydrogen-bond acceptors (Lipinski definition) is 2. The van der Waals surface area contributed by atoms with Crippen LogP contribution in [0.4, 0.5) is 4.79 Å². The van der Waals surface area contributed by atoms with E-state index in [1.54, 1.807) is 11.9 Å². The van der Waals surface area contributed by atoms with Crippen LogP contribution in [0, 0.1) is 5.41 Å². The lowest BCUT2D eigenvalue weighted by atomic mass is 9.77. The summed E-state index contributed by atoms with van der Waals surface area (Å²) < 4.78 is 0. The van der Waals surface area contributed by atoms with E-state index < -0.39 is 11.5 Å². The summed E-state index contributed by atoms with van der Waals surface area (Å²) in [6.45, 7) is 8.13. The highest BCUT2D eigenvalue weighted by Gasteiger charge is 2.46. The predicted molar refractivity (Wildman–Crippen MR) is 69.4 cm³/mol. The van der Waals surface area contributed by atoms with Crippen LogP contribution in [0.1, 0.15) is 47.0 Å². The van der Waals surface area contributed by atoms with E-state index in [0.717, 1.165) is 6.42 Å². The van der Waals surface area contributed by atoms with E-state index in [1.807, 2.05) is 6.92 Å². The molecule has 0 bridgehead atoms. The fourth-order valence-corrected chi connectivity index (χ4v) is 1.97. The van der Waals surface area contributed by atoms with Crippen LogP contribution in [0.3, 0.4) is 0 Å². The molecule has 104 valence electrons. The summed E-state index contributed by atoms with van der Waals surface area (Å²) in [7, 11) is 1.71. The van der Waals surface area contributed by atoms with Crippen molar-refractivity contribution in [1.29, 1.82) is 0 Å². The third-order valence-electron chi connectivity index (χ3n) is 4.12. The molecule has 1 fully saturated rings. The Morgan fingerprint density at radius 3 is 2.11 bits per heavy atom. The zero-order valence-electron chi connectivity index (χ0n) is 11.9. The van der Waals surface area contributed by atoms with Gasteiger partial charge in [0.2, 0.25) is 0 Å². The van der Waals surface area contributed by atoms with Crippen LogP contribution in [-0.4, -0.2) is 40.6 Å². The van der Waals surface area contributed by atoms with Gasteiger partial charge < -0.3 is 15.3 Å². The predicted octanol–water partition coefficient (Wildman–Crippen LogP) is 2.07. The highest BCUT2D eigenvalue weighted by atomic mass is 16.4. The van der Waals surface area contributed by atoms with Gasteiger partial charge in [-0.25, -0.2) is 9.59 Å². The SMILES string of the molecule is CC(N(C)C(=O)NC1(C(=O)O)CCC1)C(C)(C)C. The number of carboxylic acid groups (broad SMARTS) is 1. The lowest BCUT2D eigenvalue weighted by Gasteiger charge is -2.42. The van der Waals surface area contributed by atoms with E-state index in [-0.39, 0.29) is 17.5 Å². The Morgan fingerprint density at radius 2 is 1.83 bits per heavy atom. The van der Waals surface area contributed by atoms with Crippen molar-refractivity contribution in [3.05, 3.63) is 0 Å². The largest absolute Gasteiger partial charge is 0.480 e. The van der Waals surface area contributed by atoms with Crippen molar-refractivity contribution in [3.63, 3.8) is 0 Å². The van der Waals surface area contributed by atoms with Gasteiger partial charge in [-0.15, -0.1) is 0 Å². The molecule has 1 aliphatic rings. The van der Waals surface area contributed by atoms with E-state index in [1.165, 1.54) is 0 Å². The number of amides is 2. The molecule has 0 aliphatic heterocycles. The molecule has 0 aromatic heterocycles. The number of aliphatic carboxylic acids is 1. The summed E-state index contributed by atoms with van der Waals surface area (Å²) in [6.07, 6.45) is 1.89. The lowest BCUT2D eigenvalue weighted by Crippen LogP contribution is -2.62. The van der Waals surface area contributed by atoms with E-state index in [0.29, 0.717) is 12.8 Å². The van der Waals surface area contributed by atoms with Gasteiger partial charge >= 0.3 is 12.0 Å². The molecule has 5 nitrogen and oxygen atoms in total. The molecule has 1 saturated carbocycles. The summed E-state index contributed by atoms with van der Waals surface area (Å²) in [6, 6.07) is -0.275. The van der Waals surface area contributed by atoms with Gasteiger partial charge in [0.15, 0.2) is 0 Å². The third kappa shape index (κ3) is 2.76. The number of carboxylic acids is 1. The fraction of sp³-hybridized carbons (Fsp3) is 0.846. The maximum Gasteiger partial charge on any atom is 0.329 e. The topological polar surface area (TPSA) is 69.6 Å². The molecule has 0 heterocycles. The Kier molecular flexibility index (Phi) is 3.93. The van der Waals surface area contributed by atoms with Gasteiger partial charge in [-0.2, -0.15) is 0 Å². The monoisotopic (exact) mass is 256 g/mol. The zero-order chi connectivity index (χ0) is 14.1. The molecule has 1 aliphatic carbocycles. The van der Waals surface area contributed by atoms with Crippen LogP contribution in [0.2, 0.25) is 0 Å². The van der Waals surface area contributed by atoms with Crippen LogP contribution in [0.5, 0.6) is 0 Å². The first-order valence-corrected chi connectivity index (χ1v) is 6.38. The van der Waals surface area contributed by atoms with Crippen LogP contribution in [-0.2, 0) is 4.79 Å². The molecule has 0 radical (unpaired) electrons. The van der Waals surface area contributed by atoms with Crippen molar-refractivity contribution in [2.75, 3.05) is 7.05 Å². The minimum Gasteiger partial charge on any atom is -0.480 e. The van der Waals surface area contributed by atoms with Gasteiger partial charge in [-0.3, -0.25) is 0 Å². The number of hydrogen-bond donors (Lipinski definition) is 2. The summed E-state index contributed by atoms with van der Waals surface area (Å²) in [4.78, 5) is 24.9. The van der Waals surface area contributed by atoms with Crippen LogP contribution in [0.25, 0.3) is 0 Å². The first kappa shape index (κ1) is 14.8. The molecule has 1 unspecified atom stereocenters. The fourth-order valence-electron chi connectivity index (χ4n) is 1.97. The quantitative estimate of drug-likeness (QED) is 0.812. The average Bonchev–Trinajstić information content (AvgIpc) is 2.18. The molecule has 5 heteroatoms. The summed E-state index contributed by atoms with van der Waals surface area (Å²) in [5, 5.41) is 11.8. The molecule has 18 heavy (non-hydrogen) atoms. The van der Waals surface area contributed by atoms with Crippen molar-refractivity contribution < 1.29 is 14.7 Å². The van der Waals surface area contributed by atoms with E-state index >= 15 is 0 Å². The van der Waals surface area contributed by atoms with E-state index in [2.05, 4.69) is 26.1 Å². The van der Waals surface area contributed by atoms with Gasteiger partial charge in [-0.05, 0) is 31.6 Å². The van der Waals surface area contributed by atoms with Crippen molar-refractivity contribution in [1.82, 2.24) is 10.2 Å². The Balaban J connectivity index is 2.68. The minimum atomic E-state index is -1.04. The summed E-state index contributed by atoms with van der Waals surface area (Å²) in [5.41, 5.74) is -1.08. The van der Waals surface area contributed by atoms with Crippen molar-refractivity contribution in [3.8, 4) is 0 Å². The van der Waals surface area contributed by atoms with Crippen molar-refractivity contribution >= 4 is 12.0 Å². The molecule has 0 spiro atoms. The van der Waals surface area contributed by atoms with Gasteiger partial charge in [0.05, 0.1) is 0 Å². The Labute approximate surface area is 109 Å². The molecular formula is C13H24N2O3. The second kappa shape index (κ2) is 4.78. The number of nitrogens with zero attached hydrogens (tertiary/aromatic N) is 1. The van der Waals surface area contributed by atoms with Crippen LogP contribution < -0.4 is 5.32 Å². The first-order valence-electron chi connectivity index (χ1n) is 6.38. The maximum absolute atomic E-state index is 12.1. The second-order valence-electron chi connectivity index (χ2n) is 6.32. The number of carbonyl (C=O) groups excluding carboxylic acids is 1. The smallest absolute Gasteiger partial charge is 0.329 e. The molecule has 0 aromatic rings. The standard InChI is InChI=1S/C13H24N2O3/c1-9(12(2,3)4)15(5)11(18)14-13(10(16)17)7-6-8-13/h9H,6-8H2,1-5H3,(H,14,18)(H,16,17). The minimum absolute atomic E-state index is 0.0309. The Hall–Kier alpha value is -1.26. The highest BCUT2D eigenvalue weighted by Crippen LogP contribution is 2.32. The van der Waals surface area contributed by atoms with E-state index in [4.69, 9.17) is 0 Å². The molecule has 1 rings (SSSR count). The van der Waals surface area contributed by atoms with Crippen LogP contribution >= 0.6 is 0 Å². The number of urea groups is 1. The normalized spacial score (nSPS) is 19.6. The van der Waals surface area contributed by atoms with Crippen molar-refractivity contribution in [2.24, 2.45) is 5.41 Å². The average molecular weight is 256 g/mol. The molecule has 0 aromatic carbocycles. The summed E-state index contributed by atoms with van der Waals surface area (Å²) in [5.74, 6) is -0.932. The second-order valence-corrected chi connectivity index (χ2v) is 6.32. The third-order valence-corrected chi connectivity index (χ3v) is 4.12. The van der Waals surface area contributed by atoms with E-state index in [9.17, 15) is 14.7 Å². The highest BCUT2D eigenvalue weighted by molar-refractivity contribution is 5.87. The maximum atomic E-state index is 12.1. The Morgan fingerprint density at radius 1 is 1.33 bits per heavy atom. The number of carbonyl (C=O) groups is 2. The van der Waals surface area contributed by atoms with Crippen LogP contribution in [0.15, 0.2) is 0 Å². The molecule has 2 amide bonds. The Bertz CT molecular complexity index is 343. The number of nitrogens with one attached hydrogen (secondary N) is 1. The lowest BCUT2D eigenvalue weighted by molar-refractivity contribution is -0.148. The van der Waals surface area contributed by atoms with Gasteiger partial charge in [-0.1, -0.05) is 20.8 Å². The van der Waals surface area contributed by atoms with Gasteiger partial charge in [0, 0.05) is 13.1 Å². The molecule has 2 N–H and O–H groups in total. The van der Waals surface area contributed by atoms with Gasteiger partial charge in [0.25, 0.3) is 0 Å². The molecular weight excluding hydrogens is 232 g/mol. The first-order chi connectivity index (χ1) is 8.10. The molecule has 1 atom stereocenters. The van der Waals surface area contributed by atoms with Gasteiger partial charge in [0.1, 0.15) is 5.54 Å². The summed E-state index contributed by atoms with van der Waals surface area (Å²) >= 11 is 0. The number of rotatable bonds is 3. The zero-order valence-corrected chi connectivity index (χ0v) is 11.9. The molecule has 0 saturated heterocycles.